The van der Waals surface area contributed by atoms with Gasteiger partial charge in [-0.2, -0.15) is 17.0 Å². The summed E-state index contributed by atoms with van der Waals surface area (Å²) in [6.45, 7) is 7.18. The van der Waals surface area contributed by atoms with Gasteiger partial charge in [0.25, 0.3) is 10.2 Å². The maximum Gasteiger partial charge on any atom is 0.282 e. The van der Waals surface area contributed by atoms with Crippen molar-refractivity contribution >= 4 is 27.7 Å². The Bertz CT molecular complexity index is 949. The summed E-state index contributed by atoms with van der Waals surface area (Å²) in [5.74, 6) is -0.521. The molecule has 1 saturated carbocycles. The average molecular weight is 494 g/mol. The van der Waals surface area contributed by atoms with E-state index in [9.17, 15) is 18.0 Å². The Hall–Kier alpha value is -2.01. The van der Waals surface area contributed by atoms with E-state index in [1.807, 2.05) is 36.9 Å². The number of hydrogen-bond donors (Lipinski definition) is 2. The molecule has 1 aliphatic carbocycles. The quantitative estimate of drug-likeness (QED) is 0.576. The zero-order chi connectivity index (χ0) is 24.9. The number of carbonyl (C=O) groups excluding carboxylic acids is 2. The van der Waals surface area contributed by atoms with Crippen molar-refractivity contribution in [3.63, 3.8) is 0 Å². The van der Waals surface area contributed by atoms with Crippen LogP contribution in [0, 0.1) is 13.8 Å². The highest BCUT2D eigenvalue weighted by atomic mass is 32.2. The van der Waals surface area contributed by atoms with Crippen LogP contribution < -0.4 is 10.6 Å². The first kappa shape index (κ1) is 26.6. The zero-order valence-corrected chi connectivity index (χ0v) is 21.7. The molecule has 9 nitrogen and oxygen atoms in total. The van der Waals surface area contributed by atoms with E-state index in [0.717, 1.165) is 42.5 Å². The Morgan fingerprint density at radius 1 is 1.06 bits per heavy atom. The molecule has 0 radical (unpaired) electrons. The van der Waals surface area contributed by atoms with Crippen LogP contribution in [0.3, 0.4) is 0 Å². The minimum atomic E-state index is -3.50. The standard InChI is InChI=1S/C24H39N5O4S/c1-18-9-8-10-19(2)23(18)26-22(30)17-25-24(31)20(3)28-13-15-29(16-14-28)34(32,33)27(4)21-11-6-5-7-12-21/h8-10,20-21H,5-7,11-17H2,1-4H3,(H,25,31)(H,26,30). The molecule has 2 aliphatic rings. The Labute approximate surface area is 204 Å². The fraction of sp³-hybridized carbons (Fsp3) is 0.667. The third-order valence-corrected chi connectivity index (χ3v) is 9.19. The molecule has 10 heteroatoms. The lowest BCUT2D eigenvalue weighted by Gasteiger charge is -2.40. The van der Waals surface area contributed by atoms with Gasteiger partial charge in [0.2, 0.25) is 11.8 Å². The minimum absolute atomic E-state index is 0.0797. The number of benzene rings is 1. The lowest BCUT2D eigenvalue weighted by molar-refractivity contribution is -0.128. The van der Waals surface area contributed by atoms with Gasteiger partial charge in [-0.15, -0.1) is 0 Å². The van der Waals surface area contributed by atoms with E-state index in [1.54, 1.807) is 18.3 Å². The normalized spacial score (nSPS) is 19.7. The van der Waals surface area contributed by atoms with Crippen LogP contribution >= 0.6 is 0 Å². The lowest BCUT2D eigenvalue weighted by atomic mass is 9.96. The Balaban J connectivity index is 1.46. The Kier molecular flexibility index (Phi) is 9.08. The summed E-state index contributed by atoms with van der Waals surface area (Å²) in [5.41, 5.74) is 2.70. The first-order chi connectivity index (χ1) is 16.1. The SMILES string of the molecule is Cc1cccc(C)c1NC(=O)CNC(=O)C(C)N1CCN(S(=O)(=O)N(C)C2CCCCC2)CC1. The van der Waals surface area contributed by atoms with Gasteiger partial charge in [0.15, 0.2) is 0 Å². The maximum atomic E-state index is 13.1. The molecule has 1 atom stereocenters. The number of rotatable bonds is 8. The van der Waals surface area contributed by atoms with Gasteiger partial charge in [0.1, 0.15) is 0 Å². The van der Waals surface area contributed by atoms with Crippen LogP contribution in [-0.2, 0) is 19.8 Å². The second-order valence-corrected chi connectivity index (χ2v) is 11.4. The van der Waals surface area contributed by atoms with Crippen LogP contribution in [0.2, 0.25) is 0 Å². The Morgan fingerprint density at radius 2 is 1.65 bits per heavy atom. The van der Waals surface area contributed by atoms with Crippen molar-refractivity contribution < 1.29 is 18.0 Å². The van der Waals surface area contributed by atoms with Crippen LogP contribution in [0.4, 0.5) is 5.69 Å². The van der Waals surface area contributed by atoms with Gasteiger partial charge < -0.3 is 10.6 Å². The molecule has 3 rings (SSSR count). The smallest absolute Gasteiger partial charge is 0.282 e. The molecule has 0 aromatic heterocycles. The lowest BCUT2D eigenvalue weighted by Crippen LogP contribution is -2.57. The summed E-state index contributed by atoms with van der Waals surface area (Å²) in [6.07, 6.45) is 5.17. The van der Waals surface area contributed by atoms with E-state index in [4.69, 9.17) is 0 Å². The molecule has 1 aromatic carbocycles. The molecule has 190 valence electrons. The fourth-order valence-electron chi connectivity index (χ4n) is 4.81. The van der Waals surface area contributed by atoms with E-state index >= 15 is 0 Å². The van der Waals surface area contributed by atoms with Gasteiger partial charge in [-0.3, -0.25) is 14.5 Å². The highest BCUT2D eigenvalue weighted by molar-refractivity contribution is 7.86. The van der Waals surface area contributed by atoms with Crippen LogP contribution in [0.5, 0.6) is 0 Å². The van der Waals surface area contributed by atoms with E-state index in [2.05, 4.69) is 10.6 Å². The molecular formula is C24H39N5O4S. The molecule has 1 heterocycles. The number of nitrogens with zero attached hydrogens (tertiary/aromatic N) is 3. The van der Waals surface area contributed by atoms with E-state index < -0.39 is 16.3 Å². The predicted molar refractivity (Wildman–Crippen MR) is 134 cm³/mol. The van der Waals surface area contributed by atoms with Crippen molar-refractivity contribution in [3.8, 4) is 0 Å². The first-order valence-electron chi connectivity index (χ1n) is 12.2. The molecule has 34 heavy (non-hydrogen) atoms. The van der Waals surface area contributed by atoms with E-state index in [0.29, 0.717) is 26.2 Å². The topological polar surface area (TPSA) is 102 Å². The summed E-state index contributed by atoms with van der Waals surface area (Å²) >= 11 is 0. The van der Waals surface area contributed by atoms with Crippen molar-refractivity contribution in [1.82, 2.24) is 18.8 Å². The number of anilines is 1. The van der Waals surface area contributed by atoms with Gasteiger partial charge in [-0.1, -0.05) is 37.5 Å². The molecule has 2 N–H and O–H groups in total. The molecule has 1 unspecified atom stereocenters. The monoisotopic (exact) mass is 493 g/mol. The van der Waals surface area contributed by atoms with Crippen LogP contribution in [0.15, 0.2) is 18.2 Å². The summed E-state index contributed by atoms with van der Waals surface area (Å²) in [6, 6.07) is 5.42. The van der Waals surface area contributed by atoms with Crippen molar-refractivity contribution in [2.75, 3.05) is 45.1 Å². The molecule has 1 aromatic rings. The predicted octanol–water partition coefficient (Wildman–Crippen LogP) is 1.87. The number of piperazine rings is 1. The minimum Gasteiger partial charge on any atom is -0.346 e. The second kappa shape index (κ2) is 11.6. The fourth-order valence-corrected chi connectivity index (χ4v) is 6.39. The molecular weight excluding hydrogens is 454 g/mol. The van der Waals surface area contributed by atoms with Crippen molar-refractivity contribution in [2.24, 2.45) is 0 Å². The highest BCUT2D eigenvalue weighted by Crippen LogP contribution is 2.25. The molecule has 0 bridgehead atoms. The number of amides is 2. The third-order valence-electron chi connectivity index (χ3n) is 7.15. The number of carbonyl (C=O) groups is 2. The summed E-state index contributed by atoms with van der Waals surface area (Å²) in [7, 11) is -1.81. The van der Waals surface area contributed by atoms with Crippen LogP contribution in [0.1, 0.15) is 50.2 Å². The molecule has 0 spiro atoms. The van der Waals surface area contributed by atoms with E-state index in [-0.39, 0.29) is 24.4 Å². The molecule has 1 saturated heterocycles. The zero-order valence-electron chi connectivity index (χ0n) is 20.8. The average Bonchev–Trinajstić information content (AvgIpc) is 2.84. The van der Waals surface area contributed by atoms with Crippen LogP contribution in [0.25, 0.3) is 0 Å². The van der Waals surface area contributed by atoms with Gasteiger partial charge in [-0.05, 0) is 44.7 Å². The third kappa shape index (κ3) is 6.35. The number of para-hydroxylation sites is 1. The maximum absolute atomic E-state index is 13.1. The van der Waals surface area contributed by atoms with Gasteiger partial charge >= 0.3 is 0 Å². The van der Waals surface area contributed by atoms with Crippen molar-refractivity contribution in [2.45, 2.75) is 65.0 Å². The number of aryl methyl sites for hydroxylation is 2. The summed E-state index contributed by atoms with van der Waals surface area (Å²) < 4.78 is 29.2. The molecule has 2 amide bonds. The first-order valence-corrected chi connectivity index (χ1v) is 13.6. The largest absolute Gasteiger partial charge is 0.346 e. The number of nitrogens with one attached hydrogen (secondary N) is 2. The van der Waals surface area contributed by atoms with Crippen LogP contribution in [-0.4, -0.2) is 85.6 Å². The van der Waals surface area contributed by atoms with Gasteiger partial charge in [-0.25, -0.2) is 0 Å². The van der Waals surface area contributed by atoms with Gasteiger partial charge in [0, 0.05) is 45.0 Å². The number of hydrogen-bond acceptors (Lipinski definition) is 5. The molecule has 2 fully saturated rings. The second-order valence-electron chi connectivity index (χ2n) is 9.46. The van der Waals surface area contributed by atoms with E-state index in [1.165, 1.54) is 10.7 Å². The van der Waals surface area contributed by atoms with Crippen molar-refractivity contribution in [1.29, 1.82) is 0 Å². The summed E-state index contributed by atoms with van der Waals surface area (Å²) in [4.78, 5) is 27.0. The highest BCUT2D eigenvalue weighted by Gasteiger charge is 2.36. The van der Waals surface area contributed by atoms with Crippen molar-refractivity contribution in [3.05, 3.63) is 29.3 Å². The Morgan fingerprint density at radius 3 is 2.24 bits per heavy atom. The summed E-state index contributed by atoms with van der Waals surface area (Å²) in [5, 5.41) is 5.58. The molecule has 1 aliphatic heterocycles. The van der Waals surface area contributed by atoms with Gasteiger partial charge in [0.05, 0.1) is 12.6 Å².